The number of aryl methyl sites for hydroxylation is 1. The fourth-order valence-corrected chi connectivity index (χ4v) is 3.00. The maximum Gasteiger partial charge on any atom is 0.220 e. The van der Waals surface area contributed by atoms with Crippen LogP contribution in [0.3, 0.4) is 0 Å². The molecule has 2 aromatic rings. The van der Waals surface area contributed by atoms with Gasteiger partial charge in [-0.2, -0.15) is 0 Å². The van der Waals surface area contributed by atoms with Gasteiger partial charge in [0.2, 0.25) is 5.91 Å². The van der Waals surface area contributed by atoms with Crippen molar-refractivity contribution < 1.29 is 9.90 Å². The van der Waals surface area contributed by atoms with E-state index in [0.29, 0.717) is 17.9 Å². The summed E-state index contributed by atoms with van der Waals surface area (Å²) < 4.78 is 0. The molecular weight excluding hydrogens is 306 g/mol. The lowest BCUT2D eigenvalue weighted by atomic mass is 10.0. The van der Waals surface area contributed by atoms with Crippen molar-refractivity contribution in [3.8, 4) is 0 Å². The van der Waals surface area contributed by atoms with Crippen LogP contribution in [0.5, 0.6) is 0 Å². The number of aliphatic hydroxyl groups is 1. The fraction of sp³-hybridized carbons (Fsp3) is 0.312. The number of rotatable bonds is 6. The quantitative estimate of drug-likeness (QED) is 0.856. The lowest BCUT2D eigenvalue weighted by Gasteiger charge is -2.22. The minimum absolute atomic E-state index is 0.0910. The Morgan fingerprint density at radius 2 is 2.10 bits per heavy atom. The van der Waals surface area contributed by atoms with Gasteiger partial charge in [-0.3, -0.25) is 4.79 Å². The van der Waals surface area contributed by atoms with Crippen molar-refractivity contribution in [2.45, 2.75) is 25.4 Å². The smallest absolute Gasteiger partial charge is 0.220 e. The lowest BCUT2D eigenvalue weighted by molar-refractivity contribution is -0.122. The van der Waals surface area contributed by atoms with Gasteiger partial charge in [0, 0.05) is 16.3 Å². The van der Waals surface area contributed by atoms with Crippen molar-refractivity contribution in [3.63, 3.8) is 0 Å². The monoisotopic (exact) mass is 323 g/mol. The highest BCUT2D eigenvalue weighted by atomic mass is 35.5. The van der Waals surface area contributed by atoms with E-state index in [-0.39, 0.29) is 12.5 Å². The minimum Gasteiger partial charge on any atom is -0.383 e. The van der Waals surface area contributed by atoms with Crippen LogP contribution in [0, 0.1) is 0 Å². The van der Waals surface area contributed by atoms with Crippen LogP contribution in [0.1, 0.15) is 23.8 Å². The molecule has 0 aliphatic carbocycles. The molecule has 0 spiro atoms. The third-order valence-corrected chi connectivity index (χ3v) is 4.75. The summed E-state index contributed by atoms with van der Waals surface area (Å²) in [5.74, 6) is -0.0910. The standard InChI is InChI=1S/C16H18ClNO2S/c1-16(20,14-7-4-10-21-14)11-18-15(19)9-8-12-5-2-3-6-13(12)17/h2-7,10,20H,8-9,11H2,1H3,(H,18,19). The van der Waals surface area contributed by atoms with Gasteiger partial charge in [0.05, 0.1) is 6.54 Å². The highest BCUT2D eigenvalue weighted by Gasteiger charge is 2.24. The number of hydrogen-bond acceptors (Lipinski definition) is 3. The van der Waals surface area contributed by atoms with Gasteiger partial charge in [0.15, 0.2) is 0 Å². The Bertz CT molecular complexity index is 596. The lowest BCUT2D eigenvalue weighted by Crippen LogP contribution is -2.38. The molecule has 5 heteroatoms. The molecule has 21 heavy (non-hydrogen) atoms. The molecule has 1 aromatic heterocycles. The topological polar surface area (TPSA) is 49.3 Å². The fourth-order valence-electron chi connectivity index (χ4n) is 1.98. The highest BCUT2D eigenvalue weighted by Crippen LogP contribution is 2.24. The molecule has 2 N–H and O–H groups in total. The highest BCUT2D eigenvalue weighted by molar-refractivity contribution is 7.10. The number of benzene rings is 1. The van der Waals surface area contributed by atoms with E-state index in [9.17, 15) is 9.90 Å². The van der Waals surface area contributed by atoms with Crippen molar-refractivity contribution >= 4 is 28.8 Å². The van der Waals surface area contributed by atoms with Crippen molar-refractivity contribution in [1.29, 1.82) is 0 Å². The molecular formula is C16H18ClNO2S. The third kappa shape index (κ3) is 4.56. The van der Waals surface area contributed by atoms with Crippen LogP contribution >= 0.6 is 22.9 Å². The second-order valence-corrected chi connectivity index (χ2v) is 6.47. The van der Waals surface area contributed by atoms with Crippen LogP contribution in [0.4, 0.5) is 0 Å². The van der Waals surface area contributed by atoms with Gasteiger partial charge < -0.3 is 10.4 Å². The van der Waals surface area contributed by atoms with E-state index in [4.69, 9.17) is 11.6 Å². The summed E-state index contributed by atoms with van der Waals surface area (Å²) >= 11 is 7.53. The predicted octanol–water partition coefficient (Wildman–Crippen LogP) is 3.36. The number of halogens is 1. The molecule has 0 saturated heterocycles. The Morgan fingerprint density at radius 3 is 2.76 bits per heavy atom. The first kappa shape index (κ1) is 16.0. The van der Waals surface area contributed by atoms with E-state index in [0.717, 1.165) is 10.4 Å². The van der Waals surface area contributed by atoms with Gasteiger partial charge in [-0.15, -0.1) is 11.3 Å². The van der Waals surface area contributed by atoms with E-state index in [1.54, 1.807) is 6.92 Å². The van der Waals surface area contributed by atoms with Gasteiger partial charge in [0.25, 0.3) is 0 Å². The maximum atomic E-state index is 11.9. The average molecular weight is 324 g/mol. The van der Waals surface area contributed by atoms with Crippen LogP contribution < -0.4 is 5.32 Å². The Balaban J connectivity index is 1.82. The number of carbonyl (C=O) groups excluding carboxylic acids is 1. The van der Waals surface area contributed by atoms with E-state index in [1.807, 2.05) is 41.8 Å². The molecule has 1 atom stereocenters. The second-order valence-electron chi connectivity index (χ2n) is 5.12. The number of nitrogens with one attached hydrogen (secondary N) is 1. The van der Waals surface area contributed by atoms with E-state index < -0.39 is 5.60 Å². The molecule has 112 valence electrons. The third-order valence-electron chi connectivity index (χ3n) is 3.26. The summed E-state index contributed by atoms with van der Waals surface area (Å²) in [6.45, 7) is 1.90. The van der Waals surface area contributed by atoms with Crippen molar-refractivity contribution in [2.75, 3.05) is 6.54 Å². The van der Waals surface area contributed by atoms with Gasteiger partial charge in [0.1, 0.15) is 5.60 Å². The second kappa shape index (κ2) is 7.07. The molecule has 0 radical (unpaired) electrons. The number of hydrogen-bond donors (Lipinski definition) is 2. The van der Waals surface area contributed by atoms with E-state index >= 15 is 0 Å². The molecule has 1 amide bonds. The SMILES string of the molecule is CC(O)(CNC(=O)CCc1ccccc1Cl)c1cccs1. The largest absolute Gasteiger partial charge is 0.383 e. The molecule has 1 heterocycles. The summed E-state index contributed by atoms with van der Waals surface area (Å²) in [6, 6.07) is 11.2. The van der Waals surface area contributed by atoms with Crippen molar-refractivity contribution in [1.82, 2.24) is 5.32 Å². The summed E-state index contributed by atoms with van der Waals surface area (Å²) in [7, 11) is 0. The molecule has 0 bridgehead atoms. The van der Waals surface area contributed by atoms with Crippen LogP contribution in [-0.2, 0) is 16.8 Å². The summed E-state index contributed by atoms with van der Waals surface area (Å²) in [5, 5.41) is 15.7. The average Bonchev–Trinajstić information content (AvgIpc) is 2.99. The van der Waals surface area contributed by atoms with E-state index in [1.165, 1.54) is 11.3 Å². The van der Waals surface area contributed by atoms with Crippen LogP contribution in [0.25, 0.3) is 0 Å². The Morgan fingerprint density at radius 1 is 1.33 bits per heavy atom. The Labute approximate surface area is 133 Å². The normalized spacial score (nSPS) is 13.7. The first-order chi connectivity index (χ1) is 9.99. The molecule has 0 saturated carbocycles. The molecule has 0 fully saturated rings. The zero-order valence-electron chi connectivity index (χ0n) is 11.8. The molecule has 0 aliphatic rings. The van der Waals surface area contributed by atoms with Gasteiger partial charge in [-0.05, 0) is 36.4 Å². The zero-order valence-corrected chi connectivity index (χ0v) is 13.4. The predicted molar refractivity (Wildman–Crippen MR) is 86.7 cm³/mol. The van der Waals surface area contributed by atoms with Crippen LogP contribution in [-0.4, -0.2) is 17.6 Å². The van der Waals surface area contributed by atoms with Gasteiger partial charge >= 0.3 is 0 Å². The molecule has 1 aromatic carbocycles. The van der Waals surface area contributed by atoms with E-state index in [2.05, 4.69) is 5.32 Å². The van der Waals surface area contributed by atoms with Crippen molar-refractivity contribution in [3.05, 3.63) is 57.2 Å². The summed E-state index contributed by atoms with van der Waals surface area (Å²) in [6.07, 6.45) is 0.941. The van der Waals surface area contributed by atoms with Crippen LogP contribution in [0.15, 0.2) is 41.8 Å². The molecule has 2 rings (SSSR count). The molecule has 3 nitrogen and oxygen atoms in total. The Kier molecular flexibility index (Phi) is 5.39. The van der Waals surface area contributed by atoms with Gasteiger partial charge in [-0.25, -0.2) is 0 Å². The first-order valence-corrected chi connectivity index (χ1v) is 8.01. The maximum absolute atomic E-state index is 11.9. The van der Waals surface area contributed by atoms with Crippen molar-refractivity contribution in [2.24, 2.45) is 0 Å². The first-order valence-electron chi connectivity index (χ1n) is 6.75. The summed E-state index contributed by atoms with van der Waals surface area (Å²) in [5.41, 5.74) is -0.0758. The summed E-state index contributed by atoms with van der Waals surface area (Å²) in [4.78, 5) is 12.7. The molecule has 1 unspecified atom stereocenters. The molecule has 0 aliphatic heterocycles. The number of thiophene rings is 1. The number of amides is 1. The van der Waals surface area contributed by atoms with Gasteiger partial charge in [-0.1, -0.05) is 35.9 Å². The minimum atomic E-state index is -1.03. The zero-order chi connectivity index (χ0) is 15.3. The number of carbonyl (C=O) groups is 1. The van der Waals surface area contributed by atoms with Crippen LogP contribution in [0.2, 0.25) is 5.02 Å². The Hall–Kier alpha value is -1.36.